The third-order valence-electron chi connectivity index (χ3n) is 6.55. The number of fused-ring (bicyclic) bond motifs is 3. The van der Waals surface area contributed by atoms with E-state index < -0.39 is 0 Å². The van der Waals surface area contributed by atoms with Gasteiger partial charge >= 0.3 is 0 Å². The summed E-state index contributed by atoms with van der Waals surface area (Å²) in [7, 11) is 0. The molecule has 6 nitrogen and oxygen atoms in total. The molecular weight excluding hydrogens is 430 g/mol. The highest BCUT2D eigenvalue weighted by Crippen LogP contribution is 2.42. The number of para-hydroxylation sites is 2. The maximum atomic E-state index is 5.88. The van der Waals surface area contributed by atoms with Crippen molar-refractivity contribution in [1.82, 2.24) is 15.0 Å². The van der Waals surface area contributed by atoms with Crippen LogP contribution in [0.5, 0.6) is 5.75 Å². The standard InChI is InChI=1S/C26H27N5OS/c1-2-32-21-10-4-3-9-20(21)30-13-15-31(16-14-30)25-23-19-8-5-11-22(19)33-26(23)29-24(28-25)18-7-6-12-27-17-18/h3-4,6-7,9-10,12,17H,2,5,8,11,13-16H2,1H3. The summed E-state index contributed by atoms with van der Waals surface area (Å²) in [6.07, 6.45) is 7.19. The second-order valence-electron chi connectivity index (χ2n) is 8.52. The van der Waals surface area contributed by atoms with E-state index in [1.807, 2.05) is 42.7 Å². The van der Waals surface area contributed by atoms with Gasteiger partial charge in [-0.1, -0.05) is 12.1 Å². The molecule has 0 saturated carbocycles. The summed E-state index contributed by atoms with van der Waals surface area (Å²) in [6.45, 7) is 6.42. The first kappa shape index (κ1) is 20.4. The molecule has 1 aliphatic carbocycles. The van der Waals surface area contributed by atoms with Crippen LogP contribution in [-0.2, 0) is 12.8 Å². The molecular formula is C26H27N5OS. The minimum Gasteiger partial charge on any atom is -0.492 e. The quantitative estimate of drug-likeness (QED) is 0.422. The number of nitrogens with zero attached hydrogens (tertiary/aromatic N) is 5. The Kier molecular flexibility index (Phi) is 5.34. The highest BCUT2D eigenvalue weighted by molar-refractivity contribution is 7.19. The van der Waals surface area contributed by atoms with Crippen molar-refractivity contribution in [2.24, 2.45) is 0 Å². The van der Waals surface area contributed by atoms with Crippen LogP contribution in [0, 0.1) is 0 Å². The number of benzene rings is 1. The average molecular weight is 458 g/mol. The van der Waals surface area contributed by atoms with Crippen LogP contribution in [0.15, 0.2) is 48.8 Å². The number of aryl methyl sites for hydroxylation is 2. The van der Waals surface area contributed by atoms with Gasteiger partial charge in [0.25, 0.3) is 0 Å². The van der Waals surface area contributed by atoms with Crippen molar-refractivity contribution in [1.29, 1.82) is 0 Å². The molecule has 0 N–H and O–H groups in total. The number of thiophene rings is 1. The van der Waals surface area contributed by atoms with Crippen molar-refractivity contribution in [3.05, 3.63) is 59.2 Å². The predicted octanol–water partition coefficient (Wildman–Crippen LogP) is 4.97. The monoisotopic (exact) mass is 457 g/mol. The molecule has 7 heteroatoms. The van der Waals surface area contributed by atoms with Crippen LogP contribution in [-0.4, -0.2) is 47.7 Å². The van der Waals surface area contributed by atoms with Gasteiger partial charge in [0.2, 0.25) is 0 Å². The van der Waals surface area contributed by atoms with Crippen molar-refractivity contribution in [2.45, 2.75) is 26.2 Å². The largest absolute Gasteiger partial charge is 0.492 e. The molecule has 1 fully saturated rings. The Labute approximate surface area is 197 Å². The molecule has 4 aromatic rings. The minimum atomic E-state index is 0.677. The molecule has 0 unspecified atom stereocenters. The Balaban J connectivity index is 1.35. The molecule has 0 spiro atoms. The molecule has 3 aromatic heterocycles. The maximum absolute atomic E-state index is 5.88. The number of aromatic nitrogens is 3. The molecule has 33 heavy (non-hydrogen) atoms. The molecule has 0 amide bonds. The van der Waals surface area contributed by atoms with Crippen LogP contribution < -0.4 is 14.5 Å². The summed E-state index contributed by atoms with van der Waals surface area (Å²) >= 11 is 1.85. The van der Waals surface area contributed by atoms with Gasteiger partial charge in [-0.25, -0.2) is 9.97 Å². The smallest absolute Gasteiger partial charge is 0.164 e. The number of hydrogen-bond acceptors (Lipinski definition) is 7. The molecule has 168 valence electrons. The van der Waals surface area contributed by atoms with E-state index in [1.165, 1.54) is 34.4 Å². The number of ether oxygens (including phenoxy) is 1. The summed E-state index contributed by atoms with van der Waals surface area (Å²) < 4.78 is 5.88. The van der Waals surface area contributed by atoms with Gasteiger partial charge in [-0.3, -0.25) is 4.98 Å². The van der Waals surface area contributed by atoms with Gasteiger partial charge in [0, 0.05) is 49.0 Å². The van der Waals surface area contributed by atoms with Gasteiger partial charge in [0.15, 0.2) is 5.82 Å². The molecule has 4 heterocycles. The van der Waals surface area contributed by atoms with Crippen molar-refractivity contribution in [2.75, 3.05) is 42.6 Å². The van der Waals surface area contributed by atoms with Gasteiger partial charge in [-0.15, -0.1) is 11.3 Å². The van der Waals surface area contributed by atoms with Crippen molar-refractivity contribution >= 4 is 33.1 Å². The van der Waals surface area contributed by atoms with E-state index in [1.54, 1.807) is 6.20 Å². The second kappa shape index (κ2) is 8.63. The maximum Gasteiger partial charge on any atom is 0.164 e. The Morgan fingerprint density at radius 3 is 2.64 bits per heavy atom. The molecule has 0 radical (unpaired) electrons. The normalized spacial score (nSPS) is 15.8. The fourth-order valence-electron chi connectivity index (χ4n) is 4.98. The third kappa shape index (κ3) is 3.70. The first-order chi connectivity index (χ1) is 16.3. The van der Waals surface area contributed by atoms with E-state index in [9.17, 15) is 0 Å². The Hall–Kier alpha value is -3.19. The van der Waals surface area contributed by atoms with Gasteiger partial charge < -0.3 is 14.5 Å². The van der Waals surface area contributed by atoms with Crippen LogP contribution in [0.4, 0.5) is 11.5 Å². The summed E-state index contributed by atoms with van der Waals surface area (Å²) in [5, 5.41) is 1.28. The van der Waals surface area contributed by atoms with E-state index >= 15 is 0 Å². The number of anilines is 2. The predicted molar refractivity (Wildman–Crippen MR) is 135 cm³/mol. The lowest BCUT2D eigenvalue weighted by molar-refractivity contribution is 0.340. The van der Waals surface area contributed by atoms with Crippen molar-refractivity contribution in [3.8, 4) is 17.1 Å². The SMILES string of the molecule is CCOc1ccccc1N1CCN(c2nc(-c3cccnc3)nc3sc4c(c23)CCC4)CC1. The Morgan fingerprint density at radius 2 is 1.82 bits per heavy atom. The topological polar surface area (TPSA) is 54.4 Å². The van der Waals surface area contributed by atoms with E-state index in [0.717, 1.165) is 60.4 Å². The number of hydrogen-bond donors (Lipinski definition) is 0. The lowest BCUT2D eigenvalue weighted by Crippen LogP contribution is -2.47. The Bertz CT molecular complexity index is 1280. The van der Waals surface area contributed by atoms with Crippen LogP contribution in [0.3, 0.4) is 0 Å². The summed E-state index contributed by atoms with van der Waals surface area (Å²) in [4.78, 5) is 21.9. The molecule has 0 atom stereocenters. The van der Waals surface area contributed by atoms with Gasteiger partial charge in [-0.2, -0.15) is 0 Å². The summed E-state index contributed by atoms with van der Waals surface area (Å²) in [6, 6.07) is 12.4. The van der Waals surface area contributed by atoms with E-state index in [0.29, 0.717) is 6.61 Å². The molecule has 0 bridgehead atoms. The first-order valence-electron chi connectivity index (χ1n) is 11.8. The lowest BCUT2D eigenvalue weighted by atomic mass is 10.1. The van der Waals surface area contributed by atoms with Gasteiger partial charge in [0.05, 0.1) is 17.7 Å². The summed E-state index contributed by atoms with van der Waals surface area (Å²) in [5.41, 5.74) is 3.63. The minimum absolute atomic E-state index is 0.677. The van der Waals surface area contributed by atoms with Crippen LogP contribution in [0.25, 0.3) is 21.6 Å². The molecule has 2 aliphatic rings. The number of rotatable bonds is 5. The highest BCUT2D eigenvalue weighted by atomic mass is 32.1. The van der Waals surface area contributed by atoms with Crippen molar-refractivity contribution < 1.29 is 4.74 Å². The Morgan fingerprint density at radius 1 is 0.970 bits per heavy atom. The fourth-order valence-corrected chi connectivity index (χ4v) is 6.24. The third-order valence-corrected chi connectivity index (χ3v) is 7.74. The first-order valence-corrected chi connectivity index (χ1v) is 12.6. The number of pyridine rings is 1. The van der Waals surface area contributed by atoms with Crippen LogP contribution >= 0.6 is 11.3 Å². The average Bonchev–Trinajstić information content (AvgIpc) is 3.46. The molecule has 6 rings (SSSR count). The van der Waals surface area contributed by atoms with E-state index in [2.05, 4.69) is 33.0 Å². The van der Waals surface area contributed by atoms with Gasteiger partial charge in [-0.05, 0) is 56.0 Å². The zero-order valence-electron chi connectivity index (χ0n) is 18.8. The van der Waals surface area contributed by atoms with E-state index in [4.69, 9.17) is 14.7 Å². The van der Waals surface area contributed by atoms with Crippen LogP contribution in [0.2, 0.25) is 0 Å². The zero-order chi connectivity index (χ0) is 22.2. The van der Waals surface area contributed by atoms with E-state index in [-0.39, 0.29) is 0 Å². The molecule has 1 aliphatic heterocycles. The van der Waals surface area contributed by atoms with Crippen molar-refractivity contribution in [3.63, 3.8) is 0 Å². The fraction of sp³-hybridized carbons (Fsp3) is 0.346. The van der Waals surface area contributed by atoms with Crippen LogP contribution in [0.1, 0.15) is 23.8 Å². The molecule has 1 aromatic carbocycles. The molecule has 1 saturated heterocycles. The van der Waals surface area contributed by atoms with Gasteiger partial charge in [0.1, 0.15) is 16.4 Å². The number of piperazine rings is 1. The second-order valence-corrected chi connectivity index (χ2v) is 9.61. The highest BCUT2D eigenvalue weighted by Gasteiger charge is 2.27. The summed E-state index contributed by atoms with van der Waals surface area (Å²) in [5.74, 6) is 2.83. The lowest BCUT2D eigenvalue weighted by Gasteiger charge is -2.37. The zero-order valence-corrected chi connectivity index (χ0v) is 19.6.